The number of nitrogens with one attached hydrogen (secondary N) is 2. The zero-order valence-corrected chi connectivity index (χ0v) is 11.0. The number of H-pyrrole nitrogens is 1. The van der Waals surface area contributed by atoms with Gasteiger partial charge in [-0.15, -0.1) is 11.3 Å². The standard InChI is InChI=1S/C9H12N4O2S2/c1-9(2,8-10-5-6-16-8)13-17(14,15)7-3-4-11-12-7/h3-6,13H,1-2H3,(H,11,12). The van der Waals surface area contributed by atoms with Gasteiger partial charge in [0.05, 0.1) is 11.7 Å². The predicted octanol–water partition coefficient (Wildman–Crippen LogP) is 1.08. The molecule has 6 nitrogen and oxygen atoms in total. The molecule has 2 N–H and O–H groups in total. The van der Waals surface area contributed by atoms with Gasteiger partial charge in [-0.05, 0) is 19.9 Å². The van der Waals surface area contributed by atoms with E-state index in [1.54, 1.807) is 20.0 Å². The highest BCUT2D eigenvalue weighted by atomic mass is 32.2. The second-order valence-corrected chi connectivity index (χ2v) is 6.53. The van der Waals surface area contributed by atoms with Crippen molar-refractivity contribution in [3.05, 3.63) is 28.8 Å². The van der Waals surface area contributed by atoms with E-state index in [0.29, 0.717) is 5.01 Å². The van der Waals surface area contributed by atoms with Crippen molar-refractivity contribution in [3.63, 3.8) is 0 Å². The summed E-state index contributed by atoms with van der Waals surface area (Å²) in [6.07, 6.45) is 3.04. The third-order valence-corrected chi connectivity index (χ3v) is 4.80. The molecule has 2 rings (SSSR count). The van der Waals surface area contributed by atoms with Crippen molar-refractivity contribution in [2.75, 3.05) is 0 Å². The lowest BCUT2D eigenvalue weighted by atomic mass is 10.1. The molecule has 0 fully saturated rings. The Hall–Kier alpha value is -1.25. The van der Waals surface area contributed by atoms with E-state index in [0.717, 1.165) is 0 Å². The minimum atomic E-state index is -3.60. The summed E-state index contributed by atoms with van der Waals surface area (Å²) in [5.74, 6) is 0. The first-order chi connectivity index (χ1) is 7.92. The van der Waals surface area contributed by atoms with Crippen molar-refractivity contribution < 1.29 is 8.42 Å². The lowest BCUT2D eigenvalue weighted by Crippen LogP contribution is -2.40. The number of hydrogen-bond donors (Lipinski definition) is 2. The van der Waals surface area contributed by atoms with Crippen LogP contribution in [0.3, 0.4) is 0 Å². The average molecular weight is 272 g/mol. The van der Waals surface area contributed by atoms with Gasteiger partial charge in [-0.2, -0.15) is 9.82 Å². The molecule has 0 atom stereocenters. The van der Waals surface area contributed by atoms with Gasteiger partial charge in [-0.25, -0.2) is 13.4 Å². The van der Waals surface area contributed by atoms with Crippen molar-refractivity contribution in [1.29, 1.82) is 0 Å². The van der Waals surface area contributed by atoms with E-state index >= 15 is 0 Å². The summed E-state index contributed by atoms with van der Waals surface area (Å²) >= 11 is 1.40. The molecule has 0 unspecified atom stereocenters. The predicted molar refractivity (Wildman–Crippen MR) is 64.0 cm³/mol. The highest BCUT2D eigenvalue weighted by Gasteiger charge is 2.30. The van der Waals surface area contributed by atoms with Gasteiger partial charge < -0.3 is 0 Å². The summed E-state index contributed by atoms with van der Waals surface area (Å²) in [6, 6.07) is 1.40. The van der Waals surface area contributed by atoms with Crippen LogP contribution < -0.4 is 4.72 Å². The number of hydrogen-bond acceptors (Lipinski definition) is 5. The van der Waals surface area contributed by atoms with Gasteiger partial charge in [0.25, 0.3) is 10.0 Å². The Bertz CT molecular complexity index is 573. The molecule has 0 aliphatic heterocycles. The van der Waals surface area contributed by atoms with Crippen LogP contribution in [-0.2, 0) is 15.6 Å². The largest absolute Gasteiger partial charge is 0.266 e. The molecule has 2 aromatic heterocycles. The summed E-state index contributed by atoms with van der Waals surface area (Å²) in [6.45, 7) is 3.53. The molecule has 0 saturated carbocycles. The van der Waals surface area contributed by atoms with Crippen molar-refractivity contribution in [2.45, 2.75) is 24.4 Å². The maximum absolute atomic E-state index is 12.0. The number of aromatic nitrogens is 3. The van der Waals surface area contributed by atoms with Crippen molar-refractivity contribution in [3.8, 4) is 0 Å². The molecule has 0 aliphatic carbocycles. The minimum absolute atomic E-state index is 0.0436. The van der Waals surface area contributed by atoms with E-state index in [4.69, 9.17) is 0 Å². The van der Waals surface area contributed by atoms with Gasteiger partial charge >= 0.3 is 0 Å². The van der Waals surface area contributed by atoms with Crippen LogP contribution in [0.2, 0.25) is 0 Å². The Labute approximate surface area is 103 Å². The first-order valence-electron chi connectivity index (χ1n) is 4.85. The third-order valence-electron chi connectivity index (χ3n) is 2.12. The molecule has 2 aromatic rings. The molecule has 0 aromatic carbocycles. The van der Waals surface area contributed by atoms with Crippen LogP contribution in [0.1, 0.15) is 18.9 Å². The lowest BCUT2D eigenvalue weighted by Gasteiger charge is -2.22. The van der Waals surface area contributed by atoms with Gasteiger partial charge in [-0.3, -0.25) is 5.10 Å². The lowest BCUT2D eigenvalue weighted by molar-refractivity contribution is 0.468. The summed E-state index contributed by atoms with van der Waals surface area (Å²) in [5, 5.41) is 8.61. The van der Waals surface area contributed by atoms with Gasteiger partial charge in [0, 0.05) is 11.6 Å². The number of thiazole rings is 1. The molecule has 0 spiro atoms. The molecule has 17 heavy (non-hydrogen) atoms. The molecule has 0 aliphatic rings. The molecule has 0 amide bonds. The Balaban J connectivity index is 2.28. The van der Waals surface area contributed by atoms with Crippen molar-refractivity contribution in [2.24, 2.45) is 0 Å². The normalized spacial score (nSPS) is 12.8. The third kappa shape index (κ3) is 2.54. The first kappa shape index (κ1) is 12.2. The van der Waals surface area contributed by atoms with Gasteiger partial charge in [0.2, 0.25) is 0 Å². The SMILES string of the molecule is CC(C)(NS(=O)(=O)c1ccn[nH]1)c1nccs1. The van der Waals surface area contributed by atoms with Crippen LogP contribution in [0.4, 0.5) is 0 Å². The smallest absolute Gasteiger partial charge is 0.258 e. The summed E-state index contributed by atoms with van der Waals surface area (Å²) in [4.78, 5) is 4.12. The van der Waals surface area contributed by atoms with Crippen LogP contribution in [0.5, 0.6) is 0 Å². The fraction of sp³-hybridized carbons (Fsp3) is 0.333. The van der Waals surface area contributed by atoms with Crippen molar-refractivity contribution >= 4 is 21.4 Å². The van der Waals surface area contributed by atoms with E-state index in [9.17, 15) is 8.42 Å². The number of rotatable bonds is 4. The Morgan fingerprint density at radius 1 is 1.41 bits per heavy atom. The van der Waals surface area contributed by atoms with Crippen molar-refractivity contribution in [1.82, 2.24) is 19.9 Å². The Kier molecular flexibility index (Phi) is 3.02. The van der Waals surface area contributed by atoms with E-state index < -0.39 is 15.6 Å². The Morgan fingerprint density at radius 3 is 2.71 bits per heavy atom. The second-order valence-electron chi connectivity index (χ2n) is 3.99. The zero-order chi connectivity index (χ0) is 12.5. The van der Waals surface area contributed by atoms with Crippen LogP contribution in [0.25, 0.3) is 0 Å². The fourth-order valence-electron chi connectivity index (χ4n) is 1.36. The fourth-order valence-corrected chi connectivity index (χ4v) is 3.43. The van der Waals surface area contributed by atoms with Crippen LogP contribution in [-0.4, -0.2) is 23.6 Å². The highest BCUT2D eigenvalue weighted by molar-refractivity contribution is 7.89. The highest BCUT2D eigenvalue weighted by Crippen LogP contribution is 2.24. The van der Waals surface area contributed by atoms with Gasteiger partial charge in [0.15, 0.2) is 5.03 Å². The van der Waals surface area contributed by atoms with E-state index in [1.807, 2.05) is 5.38 Å². The molecule has 0 bridgehead atoms. The monoisotopic (exact) mass is 272 g/mol. The molecule has 2 heterocycles. The van der Waals surface area contributed by atoms with E-state index in [2.05, 4.69) is 19.9 Å². The van der Waals surface area contributed by atoms with Crippen LogP contribution in [0, 0.1) is 0 Å². The number of sulfonamides is 1. The average Bonchev–Trinajstić information content (AvgIpc) is 2.91. The van der Waals surface area contributed by atoms with Crippen LogP contribution >= 0.6 is 11.3 Å². The molecular weight excluding hydrogens is 260 g/mol. The zero-order valence-electron chi connectivity index (χ0n) is 9.34. The van der Waals surface area contributed by atoms with E-state index in [-0.39, 0.29) is 5.03 Å². The maximum Gasteiger partial charge on any atom is 0.258 e. The molecule has 0 saturated heterocycles. The second kappa shape index (κ2) is 4.21. The quantitative estimate of drug-likeness (QED) is 0.871. The molecular formula is C9H12N4O2S2. The summed E-state index contributed by atoms with van der Waals surface area (Å²) in [5.41, 5.74) is -0.752. The Morgan fingerprint density at radius 2 is 2.18 bits per heavy atom. The van der Waals surface area contributed by atoms with Gasteiger partial charge in [0.1, 0.15) is 5.01 Å². The first-order valence-corrected chi connectivity index (χ1v) is 7.21. The van der Waals surface area contributed by atoms with Crippen LogP contribution in [0.15, 0.2) is 28.9 Å². The number of aromatic amines is 1. The van der Waals surface area contributed by atoms with E-state index in [1.165, 1.54) is 23.6 Å². The summed E-state index contributed by atoms with van der Waals surface area (Å²) < 4.78 is 26.6. The maximum atomic E-state index is 12.0. The van der Waals surface area contributed by atoms with Gasteiger partial charge in [-0.1, -0.05) is 0 Å². The molecule has 8 heteroatoms. The molecule has 92 valence electrons. The summed E-state index contributed by atoms with van der Waals surface area (Å²) in [7, 11) is -3.60. The minimum Gasteiger partial charge on any atom is -0.266 e. The number of nitrogens with zero attached hydrogens (tertiary/aromatic N) is 2. The molecule has 0 radical (unpaired) electrons. The topological polar surface area (TPSA) is 87.7 Å².